The van der Waals surface area contributed by atoms with Crippen molar-refractivity contribution < 1.29 is 9.53 Å². The molecule has 3 nitrogen and oxygen atoms in total. The minimum absolute atomic E-state index is 0.0289. The standard InChI is InChI=1S/C23H29NO2/c1-3-26-22(25)23(17-20-7-5-4-6-8-20)13-15-24(16-14-23)18-21-11-9-19(2)10-12-21/h4-12H,3,13-18H2,1-2H3. The molecule has 1 saturated heterocycles. The third-order valence-electron chi connectivity index (χ3n) is 5.43. The molecule has 3 heteroatoms. The maximum atomic E-state index is 12.8. The molecule has 0 aliphatic carbocycles. The second-order valence-electron chi connectivity index (χ2n) is 7.42. The molecule has 0 atom stereocenters. The van der Waals surface area contributed by atoms with Crippen LogP contribution in [0, 0.1) is 12.3 Å². The summed E-state index contributed by atoms with van der Waals surface area (Å²) in [5, 5.41) is 0. The average Bonchev–Trinajstić information content (AvgIpc) is 2.66. The van der Waals surface area contributed by atoms with Gasteiger partial charge in [-0.3, -0.25) is 9.69 Å². The molecule has 1 fully saturated rings. The van der Waals surface area contributed by atoms with E-state index in [4.69, 9.17) is 4.74 Å². The van der Waals surface area contributed by atoms with Crippen LogP contribution >= 0.6 is 0 Å². The van der Waals surface area contributed by atoms with Crippen LogP contribution in [0.25, 0.3) is 0 Å². The van der Waals surface area contributed by atoms with E-state index in [0.29, 0.717) is 6.61 Å². The molecule has 0 radical (unpaired) electrons. The van der Waals surface area contributed by atoms with Crippen LogP contribution in [0.4, 0.5) is 0 Å². The van der Waals surface area contributed by atoms with E-state index in [1.54, 1.807) is 0 Å². The van der Waals surface area contributed by atoms with E-state index in [1.165, 1.54) is 16.7 Å². The highest BCUT2D eigenvalue weighted by atomic mass is 16.5. The van der Waals surface area contributed by atoms with Crippen molar-refractivity contribution >= 4 is 5.97 Å². The number of esters is 1. The largest absolute Gasteiger partial charge is 0.466 e. The van der Waals surface area contributed by atoms with Crippen LogP contribution in [0.2, 0.25) is 0 Å². The number of ether oxygens (including phenoxy) is 1. The molecule has 1 aliphatic rings. The van der Waals surface area contributed by atoms with E-state index < -0.39 is 0 Å². The van der Waals surface area contributed by atoms with Gasteiger partial charge in [0.2, 0.25) is 0 Å². The molecule has 0 amide bonds. The van der Waals surface area contributed by atoms with Crippen LogP contribution in [0.5, 0.6) is 0 Å². The molecule has 138 valence electrons. The van der Waals surface area contributed by atoms with Gasteiger partial charge in [-0.2, -0.15) is 0 Å². The monoisotopic (exact) mass is 351 g/mol. The van der Waals surface area contributed by atoms with E-state index >= 15 is 0 Å². The van der Waals surface area contributed by atoms with E-state index in [0.717, 1.165) is 38.9 Å². The highest BCUT2D eigenvalue weighted by Gasteiger charge is 2.42. The van der Waals surface area contributed by atoms with Gasteiger partial charge in [0.15, 0.2) is 0 Å². The van der Waals surface area contributed by atoms with Crippen molar-refractivity contribution in [2.24, 2.45) is 5.41 Å². The maximum absolute atomic E-state index is 12.8. The van der Waals surface area contributed by atoms with Crippen molar-refractivity contribution in [1.82, 2.24) is 4.90 Å². The fourth-order valence-corrected chi connectivity index (χ4v) is 3.81. The summed E-state index contributed by atoms with van der Waals surface area (Å²) in [6.07, 6.45) is 2.48. The number of likely N-dealkylation sites (tertiary alicyclic amines) is 1. The molecule has 1 aliphatic heterocycles. The normalized spacial score (nSPS) is 17.0. The summed E-state index contributed by atoms with van der Waals surface area (Å²) in [6.45, 7) is 7.26. The summed E-state index contributed by atoms with van der Waals surface area (Å²) < 4.78 is 5.47. The van der Waals surface area contributed by atoms with Crippen LogP contribution in [0.3, 0.4) is 0 Å². The fourth-order valence-electron chi connectivity index (χ4n) is 3.81. The Morgan fingerprint density at radius 1 is 1.00 bits per heavy atom. The van der Waals surface area contributed by atoms with Crippen LogP contribution in [-0.4, -0.2) is 30.6 Å². The second kappa shape index (κ2) is 8.50. The first-order chi connectivity index (χ1) is 12.6. The van der Waals surface area contributed by atoms with E-state index in [9.17, 15) is 4.79 Å². The van der Waals surface area contributed by atoms with Gasteiger partial charge >= 0.3 is 5.97 Å². The van der Waals surface area contributed by atoms with Crippen LogP contribution in [0.15, 0.2) is 54.6 Å². The van der Waals surface area contributed by atoms with Crippen molar-refractivity contribution in [3.63, 3.8) is 0 Å². The quantitative estimate of drug-likeness (QED) is 0.723. The van der Waals surface area contributed by atoms with Gasteiger partial charge < -0.3 is 4.74 Å². The molecule has 0 saturated carbocycles. The Balaban J connectivity index is 1.68. The summed E-state index contributed by atoms with van der Waals surface area (Å²) in [7, 11) is 0. The van der Waals surface area contributed by atoms with Gasteiger partial charge in [0.1, 0.15) is 0 Å². The zero-order chi connectivity index (χ0) is 18.4. The molecular weight excluding hydrogens is 322 g/mol. The average molecular weight is 351 g/mol. The van der Waals surface area contributed by atoms with E-state index in [-0.39, 0.29) is 11.4 Å². The van der Waals surface area contributed by atoms with Crippen LogP contribution < -0.4 is 0 Å². The zero-order valence-corrected chi connectivity index (χ0v) is 15.9. The molecule has 3 rings (SSSR count). The molecule has 0 aromatic heterocycles. The summed E-state index contributed by atoms with van der Waals surface area (Å²) in [4.78, 5) is 15.2. The molecule has 1 heterocycles. The van der Waals surface area contributed by atoms with Crippen molar-refractivity contribution in [1.29, 1.82) is 0 Å². The van der Waals surface area contributed by atoms with Crippen molar-refractivity contribution in [2.75, 3.05) is 19.7 Å². The van der Waals surface area contributed by atoms with Crippen molar-refractivity contribution in [3.05, 3.63) is 71.3 Å². The smallest absolute Gasteiger partial charge is 0.312 e. The molecule has 0 unspecified atom stereocenters. The lowest BCUT2D eigenvalue weighted by Gasteiger charge is -2.40. The third kappa shape index (κ3) is 4.53. The number of carbonyl (C=O) groups excluding carboxylic acids is 1. The highest BCUT2D eigenvalue weighted by Crippen LogP contribution is 2.37. The molecule has 0 spiro atoms. The minimum atomic E-state index is -0.388. The van der Waals surface area contributed by atoms with E-state index in [2.05, 4.69) is 48.2 Å². The predicted molar refractivity (Wildman–Crippen MR) is 105 cm³/mol. The van der Waals surface area contributed by atoms with Gasteiger partial charge in [0, 0.05) is 6.54 Å². The lowest BCUT2D eigenvalue weighted by atomic mass is 9.73. The second-order valence-corrected chi connectivity index (χ2v) is 7.42. The Hall–Kier alpha value is -2.13. The molecule has 26 heavy (non-hydrogen) atoms. The number of nitrogens with zero attached hydrogens (tertiary/aromatic N) is 1. The topological polar surface area (TPSA) is 29.5 Å². The fraction of sp³-hybridized carbons (Fsp3) is 0.435. The van der Waals surface area contributed by atoms with Gasteiger partial charge in [-0.25, -0.2) is 0 Å². The maximum Gasteiger partial charge on any atom is 0.312 e. The summed E-state index contributed by atoms with van der Waals surface area (Å²) in [5.41, 5.74) is 3.45. The molecule has 2 aromatic carbocycles. The number of benzene rings is 2. The molecular formula is C23H29NO2. The first kappa shape index (κ1) is 18.7. The van der Waals surface area contributed by atoms with Gasteiger partial charge in [-0.1, -0.05) is 60.2 Å². The number of hydrogen-bond donors (Lipinski definition) is 0. The lowest BCUT2D eigenvalue weighted by molar-refractivity contribution is -0.158. The Morgan fingerprint density at radius 3 is 2.27 bits per heavy atom. The van der Waals surface area contributed by atoms with Crippen molar-refractivity contribution in [2.45, 2.75) is 39.7 Å². The Labute approximate surface area is 157 Å². The summed E-state index contributed by atoms with van der Waals surface area (Å²) in [6, 6.07) is 19.1. The summed E-state index contributed by atoms with van der Waals surface area (Å²) >= 11 is 0. The predicted octanol–water partition coefficient (Wildman–Crippen LogP) is 4.38. The zero-order valence-electron chi connectivity index (χ0n) is 15.9. The van der Waals surface area contributed by atoms with Gasteiger partial charge in [-0.15, -0.1) is 0 Å². The number of hydrogen-bond acceptors (Lipinski definition) is 3. The minimum Gasteiger partial charge on any atom is -0.466 e. The van der Waals surface area contributed by atoms with Gasteiger partial charge in [-0.05, 0) is 57.3 Å². The third-order valence-corrected chi connectivity index (χ3v) is 5.43. The Kier molecular flexibility index (Phi) is 6.10. The highest BCUT2D eigenvalue weighted by molar-refractivity contribution is 5.77. The van der Waals surface area contributed by atoms with Gasteiger partial charge in [0.05, 0.1) is 12.0 Å². The molecule has 0 N–H and O–H groups in total. The number of aryl methyl sites for hydroxylation is 1. The number of rotatable bonds is 6. The number of carbonyl (C=O) groups is 1. The van der Waals surface area contributed by atoms with Crippen LogP contribution in [-0.2, 0) is 22.5 Å². The lowest BCUT2D eigenvalue weighted by Crippen LogP contribution is -2.46. The number of piperidine rings is 1. The Morgan fingerprint density at radius 2 is 1.65 bits per heavy atom. The molecule has 2 aromatic rings. The molecule has 0 bridgehead atoms. The Bertz CT molecular complexity index is 701. The van der Waals surface area contributed by atoms with Crippen LogP contribution in [0.1, 0.15) is 36.5 Å². The van der Waals surface area contributed by atoms with Gasteiger partial charge in [0.25, 0.3) is 0 Å². The first-order valence-corrected chi connectivity index (χ1v) is 9.60. The van der Waals surface area contributed by atoms with E-state index in [1.807, 2.05) is 25.1 Å². The summed E-state index contributed by atoms with van der Waals surface area (Å²) in [5.74, 6) is -0.0289. The first-order valence-electron chi connectivity index (χ1n) is 9.60. The SMILES string of the molecule is CCOC(=O)C1(Cc2ccccc2)CCN(Cc2ccc(C)cc2)CC1. The van der Waals surface area contributed by atoms with Crippen molar-refractivity contribution in [3.8, 4) is 0 Å².